The number of carbonyl (C=O) groups is 1. The fourth-order valence-electron chi connectivity index (χ4n) is 1.92. The largest absolute Gasteiger partial charge is 0.481 e. The number of aryl methyl sites for hydroxylation is 1. The highest BCUT2D eigenvalue weighted by Crippen LogP contribution is 2.38. The maximum absolute atomic E-state index is 10.8. The molecule has 1 aliphatic rings. The molecule has 3 nitrogen and oxygen atoms in total. The zero-order valence-electron chi connectivity index (χ0n) is 7.25. The first-order valence-corrected chi connectivity index (χ1v) is 4.55. The van der Waals surface area contributed by atoms with Crippen LogP contribution in [0.5, 0.6) is 0 Å². The maximum atomic E-state index is 10.8. The second-order valence-electron chi connectivity index (χ2n) is 3.39. The summed E-state index contributed by atoms with van der Waals surface area (Å²) >= 11 is 5.99. The summed E-state index contributed by atoms with van der Waals surface area (Å²) in [6, 6.07) is 0. The van der Waals surface area contributed by atoms with Gasteiger partial charge in [-0.1, -0.05) is 11.6 Å². The number of aromatic nitrogens is 1. The highest BCUT2D eigenvalue weighted by atomic mass is 35.5. The topological polar surface area (TPSA) is 42.2 Å². The van der Waals surface area contributed by atoms with Crippen LogP contribution in [0.1, 0.15) is 23.5 Å². The predicted molar refractivity (Wildman–Crippen MR) is 49.1 cm³/mol. The Labute approximate surface area is 80.9 Å². The molecule has 1 heterocycles. The van der Waals surface area contributed by atoms with Crippen LogP contribution in [0.25, 0.3) is 0 Å². The van der Waals surface area contributed by atoms with E-state index < -0.39 is 5.97 Å². The predicted octanol–water partition coefficient (Wildman–Crippen LogP) is 1.79. The monoisotopic (exact) mass is 199 g/mol. The first-order valence-electron chi connectivity index (χ1n) is 4.17. The molecule has 1 aromatic heterocycles. The number of carboxylic acid groups (broad SMARTS) is 1. The third-order valence-corrected chi connectivity index (χ3v) is 3.09. The van der Waals surface area contributed by atoms with E-state index in [0.717, 1.165) is 17.5 Å². The van der Waals surface area contributed by atoms with E-state index in [4.69, 9.17) is 16.7 Å². The van der Waals surface area contributed by atoms with E-state index in [1.165, 1.54) is 0 Å². The smallest absolute Gasteiger partial charge is 0.311 e. The molecule has 0 saturated heterocycles. The summed E-state index contributed by atoms with van der Waals surface area (Å²) < 4.78 is 1.78. The zero-order valence-corrected chi connectivity index (χ0v) is 8.01. The second kappa shape index (κ2) is 2.77. The van der Waals surface area contributed by atoms with Gasteiger partial charge in [-0.2, -0.15) is 0 Å². The van der Waals surface area contributed by atoms with Crippen molar-refractivity contribution < 1.29 is 9.90 Å². The van der Waals surface area contributed by atoms with Crippen molar-refractivity contribution in [1.29, 1.82) is 0 Å². The standard InChI is InChI=1S/C9H10ClNO2/c1-11-4-7-5(8(11)10)2-3-6(7)9(12)13/h4,6H,2-3H2,1H3,(H,12,13). The van der Waals surface area contributed by atoms with Crippen molar-refractivity contribution in [1.82, 2.24) is 4.57 Å². The van der Waals surface area contributed by atoms with Gasteiger partial charge in [-0.3, -0.25) is 4.79 Å². The molecule has 4 heteroatoms. The van der Waals surface area contributed by atoms with E-state index in [1.807, 2.05) is 13.2 Å². The fraction of sp³-hybridized carbons (Fsp3) is 0.444. The van der Waals surface area contributed by atoms with Gasteiger partial charge in [0.05, 0.1) is 5.92 Å². The molecular formula is C9H10ClNO2. The van der Waals surface area contributed by atoms with E-state index in [0.29, 0.717) is 11.6 Å². The van der Waals surface area contributed by atoms with Crippen LogP contribution in [0.4, 0.5) is 0 Å². The Morgan fingerprint density at radius 2 is 2.46 bits per heavy atom. The van der Waals surface area contributed by atoms with Crippen LogP contribution in [0.3, 0.4) is 0 Å². The SMILES string of the molecule is Cn1cc2c(c1Cl)CCC2C(=O)O. The van der Waals surface area contributed by atoms with Crippen molar-refractivity contribution in [3.63, 3.8) is 0 Å². The average molecular weight is 200 g/mol. The van der Waals surface area contributed by atoms with Crippen LogP contribution in [0.2, 0.25) is 5.15 Å². The Morgan fingerprint density at radius 1 is 1.77 bits per heavy atom. The van der Waals surface area contributed by atoms with Crippen LogP contribution in [-0.4, -0.2) is 15.6 Å². The second-order valence-corrected chi connectivity index (χ2v) is 3.75. The van der Waals surface area contributed by atoms with Gasteiger partial charge in [0.1, 0.15) is 5.15 Å². The molecule has 0 bridgehead atoms. The van der Waals surface area contributed by atoms with Crippen molar-refractivity contribution >= 4 is 17.6 Å². The van der Waals surface area contributed by atoms with Crippen LogP contribution in [0.15, 0.2) is 6.20 Å². The summed E-state index contributed by atoms with van der Waals surface area (Å²) in [5.74, 6) is -1.10. The lowest BCUT2D eigenvalue weighted by Gasteiger charge is -2.01. The van der Waals surface area contributed by atoms with Gasteiger partial charge < -0.3 is 9.67 Å². The van der Waals surface area contributed by atoms with Crippen LogP contribution in [-0.2, 0) is 18.3 Å². The first kappa shape index (κ1) is 8.63. The Hall–Kier alpha value is -0.960. The third kappa shape index (κ3) is 1.15. The van der Waals surface area contributed by atoms with Crippen molar-refractivity contribution in [2.45, 2.75) is 18.8 Å². The Bertz CT molecular complexity index is 370. The maximum Gasteiger partial charge on any atom is 0.311 e. The Balaban J connectivity index is 2.48. The summed E-state index contributed by atoms with van der Waals surface area (Å²) in [5.41, 5.74) is 1.90. The Kier molecular flexibility index (Phi) is 1.84. The lowest BCUT2D eigenvalue weighted by molar-refractivity contribution is -0.138. The molecule has 0 radical (unpaired) electrons. The van der Waals surface area contributed by atoms with Gasteiger partial charge in [0.15, 0.2) is 0 Å². The van der Waals surface area contributed by atoms with E-state index in [9.17, 15) is 4.79 Å². The van der Waals surface area contributed by atoms with Gasteiger partial charge in [0.2, 0.25) is 0 Å². The van der Waals surface area contributed by atoms with Crippen molar-refractivity contribution in [2.24, 2.45) is 7.05 Å². The number of fused-ring (bicyclic) bond motifs is 1. The molecule has 0 aromatic carbocycles. The Morgan fingerprint density at radius 3 is 3.08 bits per heavy atom. The van der Waals surface area contributed by atoms with Crippen molar-refractivity contribution in [3.05, 3.63) is 22.5 Å². The van der Waals surface area contributed by atoms with Crippen molar-refractivity contribution in [2.75, 3.05) is 0 Å². The molecule has 0 spiro atoms. The van der Waals surface area contributed by atoms with Crippen LogP contribution >= 0.6 is 11.6 Å². The number of hydrogen-bond donors (Lipinski definition) is 1. The lowest BCUT2D eigenvalue weighted by Crippen LogP contribution is -2.07. The van der Waals surface area contributed by atoms with Gasteiger partial charge in [-0.15, -0.1) is 0 Å². The minimum Gasteiger partial charge on any atom is -0.481 e. The number of carboxylic acids is 1. The molecule has 1 N–H and O–H groups in total. The molecule has 1 aromatic rings. The molecule has 1 unspecified atom stereocenters. The molecule has 13 heavy (non-hydrogen) atoms. The molecule has 2 rings (SSSR count). The van der Waals surface area contributed by atoms with Crippen LogP contribution < -0.4 is 0 Å². The molecule has 0 saturated carbocycles. The van der Waals surface area contributed by atoms with Gasteiger partial charge in [0.25, 0.3) is 0 Å². The molecule has 0 aliphatic heterocycles. The number of nitrogens with zero attached hydrogens (tertiary/aromatic N) is 1. The molecular weight excluding hydrogens is 190 g/mol. The molecule has 1 atom stereocenters. The summed E-state index contributed by atoms with van der Waals surface area (Å²) in [4.78, 5) is 10.8. The van der Waals surface area contributed by atoms with E-state index in [2.05, 4.69) is 0 Å². The summed E-state index contributed by atoms with van der Waals surface area (Å²) in [7, 11) is 1.83. The summed E-state index contributed by atoms with van der Waals surface area (Å²) in [6.45, 7) is 0. The summed E-state index contributed by atoms with van der Waals surface area (Å²) in [6.07, 6.45) is 3.29. The van der Waals surface area contributed by atoms with Gasteiger partial charge in [0, 0.05) is 13.2 Å². The highest BCUT2D eigenvalue weighted by molar-refractivity contribution is 6.30. The van der Waals surface area contributed by atoms with Crippen molar-refractivity contribution in [3.8, 4) is 0 Å². The number of hydrogen-bond acceptors (Lipinski definition) is 1. The minimum absolute atomic E-state index is 0.353. The third-order valence-electron chi connectivity index (χ3n) is 2.60. The van der Waals surface area contributed by atoms with E-state index in [1.54, 1.807) is 4.57 Å². The normalized spacial score (nSPS) is 20.3. The van der Waals surface area contributed by atoms with E-state index >= 15 is 0 Å². The first-order chi connectivity index (χ1) is 6.11. The van der Waals surface area contributed by atoms with Crippen LogP contribution in [0, 0.1) is 0 Å². The quantitative estimate of drug-likeness (QED) is 0.750. The van der Waals surface area contributed by atoms with Gasteiger partial charge in [-0.05, 0) is 24.0 Å². The molecule has 70 valence electrons. The zero-order chi connectivity index (χ0) is 9.59. The van der Waals surface area contributed by atoms with Gasteiger partial charge >= 0.3 is 5.97 Å². The van der Waals surface area contributed by atoms with E-state index in [-0.39, 0.29) is 5.92 Å². The lowest BCUT2D eigenvalue weighted by atomic mass is 10.1. The number of halogens is 1. The molecule has 0 amide bonds. The minimum atomic E-state index is -0.749. The number of aliphatic carboxylic acids is 1. The number of rotatable bonds is 1. The molecule has 1 aliphatic carbocycles. The van der Waals surface area contributed by atoms with Gasteiger partial charge in [-0.25, -0.2) is 0 Å². The average Bonchev–Trinajstić information content (AvgIpc) is 2.55. The highest BCUT2D eigenvalue weighted by Gasteiger charge is 2.31. The summed E-state index contributed by atoms with van der Waals surface area (Å²) in [5, 5.41) is 9.59. The fourth-order valence-corrected chi connectivity index (χ4v) is 2.18. The molecule has 0 fully saturated rings.